The molecule has 7 nitrogen and oxygen atoms in total. The van der Waals surface area contributed by atoms with E-state index < -0.39 is 0 Å². The van der Waals surface area contributed by atoms with Gasteiger partial charge in [0.1, 0.15) is 12.2 Å². The molecule has 2 aromatic carbocycles. The summed E-state index contributed by atoms with van der Waals surface area (Å²) in [6, 6.07) is 15.3. The van der Waals surface area contributed by atoms with Crippen LogP contribution in [0.15, 0.2) is 57.5 Å². The molecule has 0 spiro atoms. The van der Waals surface area contributed by atoms with E-state index in [0.29, 0.717) is 23.5 Å². The van der Waals surface area contributed by atoms with Crippen molar-refractivity contribution in [3.8, 4) is 28.6 Å². The number of rotatable bonds is 5. The highest BCUT2D eigenvalue weighted by atomic mass is 16.5. The zero-order valence-corrected chi connectivity index (χ0v) is 14.3. The molecule has 0 unspecified atom stereocenters. The molecule has 0 bridgehead atoms. The first-order valence-corrected chi connectivity index (χ1v) is 8.08. The molecule has 0 radical (unpaired) electrons. The van der Waals surface area contributed by atoms with Crippen molar-refractivity contribution in [1.82, 2.24) is 20.3 Å². The fourth-order valence-corrected chi connectivity index (χ4v) is 2.45. The lowest BCUT2D eigenvalue weighted by molar-refractivity contribution is 0.374. The van der Waals surface area contributed by atoms with Gasteiger partial charge in [0, 0.05) is 11.1 Å². The third kappa shape index (κ3) is 3.32. The Morgan fingerprint density at radius 2 is 1.62 bits per heavy atom. The third-order valence-corrected chi connectivity index (χ3v) is 3.88. The molecule has 0 N–H and O–H groups in total. The van der Waals surface area contributed by atoms with Crippen LogP contribution in [0.25, 0.3) is 22.8 Å². The highest BCUT2D eigenvalue weighted by Crippen LogP contribution is 2.22. The van der Waals surface area contributed by atoms with Crippen LogP contribution in [0, 0.1) is 6.92 Å². The quantitative estimate of drug-likeness (QED) is 0.543. The van der Waals surface area contributed by atoms with Gasteiger partial charge in [0.05, 0.1) is 7.11 Å². The fraction of sp³-hybridized carbons (Fsp3) is 0.158. The predicted molar refractivity (Wildman–Crippen MR) is 93.6 cm³/mol. The molecule has 0 aliphatic rings. The van der Waals surface area contributed by atoms with Crippen LogP contribution in [0.4, 0.5) is 0 Å². The summed E-state index contributed by atoms with van der Waals surface area (Å²) in [5.74, 6) is 2.57. The molecule has 7 heteroatoms. The second-order valence-corrected chi connectivity index (χ2v) is 5.78. The molecular weight excluding hydrogens is 332 g/mol. The normalized spacial score (nSPS) is 10.8. The van der Waals surface area contributed by atoms with Crippen LogP contribution in [-0.2, 0) is 6.42 Å². The first kappa shape index (κ1) is 16.0. The van der Waals surface area contributed by atoms with Crippen molar-refractivity contribution in [3.05, 3.63) is 65.9 Å². The molecule has 130 valence electrons. The molecule has 2 heterocycles. The molecule has 0 saturated heterocycles. The van der Waals surface area contributed by atoms with E-state index in [4.69, 9.17) is 13.7 Å². The van der Waals surface area contributed by atoms with Gasteiger partial charge in [-0.2, -0.15) is 4.98 Å². The van der Waals surface area contributed by atoms with Gasteiger partial charge in [-0.25, -0.2) is 0 Å². The van der Waals surface area contributed by atoms with Crippen LogP contribution in [0.2, 0.25) is 0 Å². The smallest absolute Gasteiger partial charge is 0.247 e. The van der Waals surface area contributed by atoms with E-state index in [1.807, 2.05) is 55.5 Å². The summed E-state index contributed by atoms with van der Waals surface area (Å²) in [7, 11) is 1.62. The highest BCUT2D eigenvalue weighted by Gasteiger charge is 2.14. The van der Waals surface area contributed by atoms with Crippen LogP contribution < -0.4 is 4.74 Å². The zero-order chi connectivity index (χ0) is 17.9. The lowest BCUT2D eigenvalue weighted by Crippen LogP contribution is -1.89. The third-order valence-electron chi connectivity index (χ3n) is 3.88. The topological polar surface area (TPSA) is 87.1 Å². The van der Waals surface area contributed by atoms with E-state index in [1.165, 1.54) is 5.56 Å². The van der Waals surface area contributed by atoms with E-state index >= 15 is 0 Å². The largest absolute Gasteiger partial charge is 0.497 e. The maximum atomic E-state index is 5.69. The van der Waals surface area contributed by atoms with E-state index in [9.17, 15) is 0 Å². The summed E-state index contributed by atoms with van der Waals surface area (Å²) in [4.78, 5) is 4.39. The van der Waals surface area contributed by atoms with E-state index in [0.717, 1.165) is 16.9 Å². The number of aromatic nitrogens is 4. The zero-order valence-electron chi connectivity index (χ0n) is 14.3. The monoisotopic (exact) mass is 348 g/mol. The van der Waals surface area contributed by atoms with Crippen molar-refractivity contribution in [2.24, 2.45) is 0 Å². The van der Waals surface area contributed by atoms with Crippen molar-refractivity contribution in [3.63, 3.8) is 0 Å². The Morgan fingerprint density at radius 1 is 0.885 bits per heavy atom. The summed E-state index contributed by atoms with van der Waals surface area (Å²) < 4.78 is 16.1. The SMILES string of the molecule is COc1ccc(-c2nnc(Cc3nc(-c4ccc(C)cc4)no3)o2)cc1. The van der Waals surface area contributed by atoms with E-state index in [1.54, 1.807) is 7.11 Å². The maximum absolute atomic E-state index is 5.69. The number of methoxy groups -OCH3 is 1. The standard InChI is InChI=1S/C19H16N4O3/c1-12-3-5-13(6-4-12)18-20-16(26-23-18)11-17-21-22-19(25-17)14-7-9-15(24-2)10-8-14/h3-10H,11H2,1-2H3. The molecular formula is C19H16N4O3. The summed E-state index contributed by atoms with van der Waals surface area (Å²) in [5, 5.41) is 12.1. The second-order valence-electron chi connectivity index (χ2n) is 5.78. The molecule has 0 fully saturated rings. The molecule has 4 aromatic rings. The Kier molecular flexibility index (Phi) is 4.18. The lowest BCUT2D eigenvalue weighted by atomic mass is 10.1. The minimum Gasteiger partial charge on any atom is -0.497 e. The van der Waals surface area contributed by atoms with Gasteiger partial charge in [0.2, 0.25) is 23.5 Å². The summed E-state index contributed by atoms with van der Waals surface area (Å²) in [6.07, 6.45) is 0.280. The molecule has 0 saturated carbocycles. The van der Waals surface area contributed by atoms with Crippen LogP contribution >= 0.6 is 0 Å². The van der Waals surface area contributed by atoms with Gasteiger partial charge >= 0.3 is 0 Å². The average molecular weight is 348 g/mol. The molecule has 0 aliphatic carbocycles. The Balaban J connectivity index is 1.49. The minimum atomic E-state index is 0.280. The minimum absolute atomic E-state index is 0.280. The van der Waals surface area contributed by atoms with Crippen molar-refractivity contribution in [2.75, 3.05) is 7.11 Å². The molecule has 4 rings (SSSR count). The number of ether oxygens (including phenoxy) is 1. The van der Waals surface area contributed by atoms with Crippen molar-refractivity contribution in [2.45, 2.75) is 13.3 Å². The first-order valence-electron chi connectivity index (χ1n) is 8.08. The van der Waals surface area contributed by atoms with Crippen LogP contribution in [0.3, 0.4) is 0 Å². The molecule has 2 aromatic heterocycles. The molecule has 0 amide bonds. The van der Waals surface area contributed by atoms with Gasteiger partial charge in [0.15, 0.2) is 0 Å². The van der Waals surface area contributed by atoms with Crippen molar-refractivity contribution in [1.29, 1.82) is 0 Å². The number of nitrogens with zero attached hydrogens (tertiary/aromatic N) is 4. The first-order chi connectivity index (χ1) is 12.7. The Labute approximate surface area is 149 Å². The fourth-order valence-electron chi connectivity index (χ4n) is 2.45. The van der Waals surface area contributed by atoms with Crippen LogP contribution in [-0.4, -0.2) is 27.4 Å². The Morgan fingerprint density at radius 3 is 2.35 bits per heavy atom. The molecule has 0 atom stereocenters. The average Bonchev–Trinajstić information content (AvgIpc) is 3.33. The number of aryl methyl sites for hydroxylation is 1. The lowest BCUT2D eigenvalue weighted by Gasteiger charge is -1.99. The van der Waals surface area contributed by atoms with Gasteiger partial charge in [-0.15, -0.1) is 10.2 Å². The summed E-state index contributed by atoms with van der Waals surface area (Å²) in [5.41, 5.74) is 2.89. The van der Waals surface area contributed by atoms with Crippen molar-refractivity contribution >= 4 is 0 Å². The van der Waals surface area contributed by atoms with Gasteiger partial charge in [0.25, 0.3) is 0 Å². The molecule has 26 heavy (non-hydrogen) atoms. The van der Waals surface area contributed by atoms with Crippen LogP contribution in [0.5, 0.6) is 5.75 Å². The number of benzene rings is 2. The highest BCUT2D eigenvalue weighted by molar-refractivity contribution is 5.55. The van der Waals surface area contributed by atoms with E-state index in [2.05, 4.69) is 20.3 Å². The second kappa shape index (κ2) is 6.79. The van der Waals surface area contributed by atoms with Gasteiger partial charge < -0.3 is 13.7 Å². The maximum Gasteiger partial charge on any atom is 0.247 e. The van der Waals surface area contributed by atoms with Crippen LogP contribution in [0.1, 0.15) is 17.3 Å². The van der Waals surface area contributed by atoms with Gasteiger partial charge in [-0.1, -0.05) is 35.0 Å². The van der Waals surface area contributed by atoms with E-state index in [-0.39, 0.29) is 6.42 Å². The predicted octanol–water partition coefficient (Wildman–Crippen LogP) is 3.69. The summed E-state index contributed by atoms with van der Waals surface area (Å²) >= 11 is 0. The number of hydrogen-bond donors (Lipinski definition) is 0. The van der Waals surface area contributed by atoms with Gasteiger partial charge in [-0.05, 0) is 31.2 Å². The molecule has 0 aliphatic heterocycles. The summed E-state index contributed by atoms with van der Waals surface area (Å²) in [6.45, 7) is 2.03. The Hall–Kier alpha value is -3.48. The Bertz CT molecular complexity index is 1000. The van der Waals surface area contributed by atoms with Crippen molar-refractivity contribution < 1.29 is 13.7 Å². The van der Waals surface area contributed by atoms with Gasteiger partial charge in [-0.3, -0.25) is 0 Å². The number of hydrogen-bond acceptors (Lipinski definition) is 7.